The molecule has 2 aromatic carbocycles. The Labute approximate surface area is 185 Å². The molecule has 0 aromatic heterocycles. The van der Waals surface area contributed by atoms with Gasteiger partial charge in [0.05, 0.1) is 7.11 Å². The number of hydrogen-bond acceptors (Lipinski definition) is 4. The number of benzene rings is 2. The van der Waals surface area contributed by atoms with E-state index in [9.17, 15) is 9.59 Å². The first kappa shape index (κ1) is 24.3. The number of rotatable bonds is 9. The number of carbonyl (C=O) groups excluding carboxylic acids is 2. The van der Waals surface area contributed by atoms with E-state index in [0.29, 0.717) is 17.9 Å². The molecular formula is C25H34N2O4. The van der Waals surface area contributed by atoms with Gasteiger partial charge in [0.2, 0.25) is 5.91 Å². The summed E-state index contributed by atoms with van der Waals surface area (Å²) in [5.74, 6) is 0.932. The molecule has 2 rings (SSSR count). The average Bonchev–Trinajstić information content (AvgIpc) is 2.71. The van der Waals surface area contributed by atoms with Gasteiger partial charge >= 0.3 is 0 Å². The van der Waals surface area contributed by atoms with Crippen molar-refractivity contribution in [2.24, 2.45) is 0 Å². The van der Waals surface area contributed by atoms with E-state index in [1.807, 2.05) is 83.1 Å². The van der Waals surface area contributed by atoms with Gasteiger partial charge in [-0.25, -0.2) is 0 Å². The predicted octanol–water partition coefficient (Wildman–Crippen LogP) is 4.10. The van der Waals surface area contributed by atoms with E-state index in [4.69, 9.17) is 9.47 Å². The fourth-order valence-electron chi connectivity index (χ4n) is 3.28. The second-order valence-corrected chi connectivity index (χ2v) is 8.59. The van der Waals surface area contributed by atoms with E-state index in [1.165, 1.54) is 0 Å². The van der Waals surface area contributed by atoms with E-state index in [1.54, 1.807) is 12.0 Å². The van der Waals surface area contributed by atoms with Gasteiger partial charge in [-0.05, 0) is 63.4 Å². The van der Waals surface area contributed by atoms with Gasteiger partial charge < -0.3 is 19.7 Å². The highest BCUT2D eigenvalue weighted by Gasteiger charge is 2.31. The number of para-hydroxylation sites is 1. The minimum atomic E-state index is -0.613. The van der Waals surface area contributed by atoms with Crippen molar-refractivity contribution in [3.05, 3.63) is 59.7 Å². The summed E-state index contributed by atoms with van der Waals surface area (Å²) in [5.41, 5.74) is 1.44. The molecule has 0 aliphatic carbocycles. The van der Waals surface area contributed by atoms with Crippen molar-refractivity contribution in [1.82, 2.24) is 10.2 Å². The second kappa shape index (κ2) is 10.8. The van der Waals surface area contributed by atoms with Crippen LogP contribution in [0.25, 0.3) is 0 Å². The van der Waals surface area contributed by atoms with E-state index < -0.39 is 11.6 Å². The van der Waals surface area contributed by atoms with Gasteiger partial charge in [0.15, 0.2) is 6.61 Å². The number of hydrogen-bond donors (Lipinski definition) is 1. The molecule has 0 saturated heterocycles. The topological polar surface area (TPSA) is 67.9 Å². The van der Waals surface area contributed by atoms with Crippen molar-refractivity contribution < 1.29 is 19.1 Å². The second-order valence-electron chi connectivity index (χ2n) is 8.59. The van der Waals surface area contributed by atoms with Crippen LogP contribution in [0.5, 0.6) is 11.5 Å². The monoisotopic (exact) mass is 426 g/mol. The maximum Gasteiger partial charge on any atom is 0.261 e. The van der Waals surface area contributed by atoms with Crippen molar-refractivity contribution in [1.29, 1.82) is 0 Å². The van der Waals surface area contributed by atoms with E-state index >= 15 is 0 Å². The Hall–Kier alpha value is -3.02. The summed E-state index contributed by atoms with van der Waals surface area (Å²) in [4.78, 5) is 27.8. The van der Waals surface area contributed by atoms with Crippen LogP contribution in [0.15, 0.2) is 48.5 Å². The van der Waals surface area contributed by atoms with Crippen LogP contribution in [0.3, 0.4) is 0 Å². The Morgan fingerprint density at radius 1 is 1.10 bits per heavy atom. The van der Waals surface area contributed by atoms with Crippen molar-refractivity contribution in [2.45, 2.75) is 59.2 Å². The Balaban J connectivity index is 2.27. The summed E-state index contributed by atoms with van der Waals surface area (Å²) in [6.45, 7) is 9.74. The van der Waals surface area contributed by atoms with Gasteiger partial charge in [0.25, 0.3) is 5.91 Å². The summed E-state index contributed by atoms with van der Waals surface area (Å²) in [7, 11) is 1.60. The molecule has 6 nitrogen and oxygen atoms in total. The zero-order valence-corrected chi connectivity index (χ0v) is 19.4. The van der Waals surface area contributed by atoms with Gasteiger partial charge in [0, 0.05) is 12.1 Å². The summed E-state index contributed by atoms with van der Waals surface area (Å²) in [6.07, 6.45) is 0.488. The summed E-state index contributed by atoms with van der Waals surface area (Å²) in [6, 6.07) is 14.4. The Kier molecular flexibility index (Phi) is 8.48. The van der Waals surface area contributed by atoms with Crippen LogP contribution in [0.1, 0.15) is 45.2 Å². The third-order valence-electron chi connectivity index (χ3n) is 4.82. The van der Waals surface area contributed by atoms with Gasteiger partial charge in [-0.15, -0.1) is 0 Å². The zero-order valence-electron chi connectivity index (χ0n) is 19.4. The van der Waals surface area contributed by atoms with Crippen LogP contribution in [-0.2, 0) is 16.1 Å². The molecule has 2 amide bonds. The molecule has 1 atom stereocenters. The van der Waals surface area contributed by atoms with E-state index in [-0.39, 0.29) is 25.0 Å². The van der Waals surface area contributed by atoms with Crippen molar-refractivity contribution in [3.8, 4) is 11.5 Å². The fraction of sp³-hybridized carbons (Fsp3) is 0.440. The van der Waals surface area contributed by atoms with Crippen molar-refractivity contribution >= 4 is 11.8 Å². The van der Waals surface area contributed by atoms with Crippen molar-refractivity contribution in [2.75, 3.05) is 13.7 Å². The largest absolute Gasteiger partial charge is 0.497 e. The number of carbonyl (C=O) groups is 2. The summed E-state index contributed by atoms with van der Waals surface area (Å²) >= 11 is 0. The number of methoxy groups -OCH3 is 1. The van der Waals surface area contributed by atoms with Crippen LogP contribution in [0.2, 0.25) is 0 Å². The Morgan fingerprint density at radius 2 is 1.81 bits per heavy atom. The quantitative estimate of drug-likeness (QED) is 0.655. The molecule has 0 saturated carbocycles. The molecule has 0 unspecified atom stereocenters. The molecule has 2 aromatic rings. The lowest BCUT2D eigenvalue weighted by atomic mass is 10.1. The number of nitrogens with one attached hydrogen (secondary N) is 1. The third-order valence-corrected chi connectivity index (χ3v) is 4.82. The lowest BCUT2D eigenvalue weighted by molar-refractivity contribution is -0.143. The standard InChI is InChI=1S/C25H34N2O4/c1-7-21(24(29)26-25(3,4)5)27(16-19-12-10-13-20(15-19)30-6)23(28)17-31-22-14-9-8-11-18(22)2/h8-15,21H,7,16-17H2,1-6H3,(H,26,29)/t21-/m1/s1. The molecule has 0 heterocycles. The normalized spacial score (nSPS) is 12.1. The number of aryl methyl sites for hydroxylation is 1. The first-order chi connectivity index (χ1) is 14.6. The molecule has 0 bridgehead atoms. The highest BCUT2D eigenvalue weighted by atomic mass is 16.5. The van der Waals surface area contributed by atoms with E-state index in [2.05, 4.69) is 5.32 Å². The molecule has 0 fully saturated rings. The van der Waals surface area contributed by atoms with Crippen LogP contribution in [0, 0.1) is 6.92 Å². The smallest absolute Gasteiger partial charge is 0.261 e. The highest BCUT2D eigenvalue weighted by Crippen LogP contribution is 2.20. The Morgan fingerprint density at radius 3 is 2.42 bits per heavy atom. The molecule has 168 valence electrons. The number of nitrogens with zero attached hydrogens (tertiary/aromatic N) is 1. The van der Waals surface area contributed by atoms with Crippen LogP contribution >= 0.6 is 0 Å². The predicted molar refractivity (Wildman–Crippen MR) is 122 cm³/mol. The molecule has 1 N–H and O–H groups in total. The van der Waals surface area contributed by atoms with E-state index in [0.717, 1.165) is 11.1 Å². The average molecular weight is 427 g/mol. The molecule has 6 heteroatoms. The number of ether oxygens (including phenoxy) is 2. The lowest BCUT2D eigenvalue weighted by Crippen LogP contribution is -2.54. The third kappa shape index (κ3) is 7.31. The lowest BCUT2D eigenvalue weighted by Gasteiger charge is -2.33. The molecule has 0 spiro atoms. The SMILES string of the molecule is CC[C@H](C(=O)NC(C)(C)C)N(Cc1cccc(OC)c1)C(=O)COc1ccccc1C. The van der Waals surface area contributed by atoms with Crippen LogP contribution in [0.4, 0.5) is 0 Å². The summed E-state index contributed by atoms with van der Waals surface area (Å²) < 4.78 is 11.1. The van der Waals surface area contributed by atoms with Crippen LogP contribution in [-0.4, -0.2) is 42.0 Å². The van der Waals surface area contributed by atoms with Crippen LogP contribution < -0.4 is 14.8 Å². The summed E-state index contributed by atoms with van der Waals surface area (Å²) in [5, 5.41) is 3.00. The maximum absolute atomic E-state index is 13.2. The first-order valence-electron chi connectivity index (χ1n) is 10.6. The highest BCUT2D eigenvalue weighted by molar-refractivity contribution is 5.88. The Bertz CT molecular complexity index is 889. The van der Waals surface area contributed by atoms with Gasteiger partial charge in [-0.3, -0.25) is 9.59 Å². The molecular weight excluding hydrogens is 392 g/mol. The number of amides is 2. The molecule has 31 heavy (non-hydrogen) atoms. The minimum absolute atomic E-state index is 0.145. The molecule has 0 aliphatic rings. The first-order valence-corrected chi connectivity index (χ1v) is 10.6. The van der Waals surface area contributed by atoms with Gasteiger partial charge in [-0.2, -0.15) is 0 Å². The zero-order chi connectivity index (χ0) is 23.0. The maximum atomic E-state index is 13.2. The van der Waals surface area contributed by atoms with Crippen molar-refractivity contribution in [3.63, 3.8) is 0 Å². The van der Waals surface area contributed by atoms with Gasteiger partial charge in [0.1, 0.15) is 17.5 Å². The minimum Gasteiger partial charge on any atom is -0.497 e. The molecule has 0 radical (unpaired) electrons. The molecule has 0 aliphatic heterocycles. The fourth-order valence-corrected chi connectivity index (χ4v) is 3.28. The van der Waals surface area contributed by atoms with Gasteiger partial charge in [-0.1, -0.05) is 37.3 Å².